The average molecular weight is 229 g/mol. The number of rotatable bonds is 2. The molecule has 0 unspecified atom stereocenters. The van der Waals surface area contributed by atoms with Crippen LogP contribution in [-0.2, 0) is 9.84 Å². The maximum absolute atomic E-state index is 11.3. The number of sulfone groups is 1. The smallest absolute Gasteiger partial charge is 0.228 e. The van der Waals surface area contributed by atoms with Crippen molar-refractivity contribution in [1.29, 1.82) is 0 Å². The van der Waals surface area contributed by atoms with Crippen LogP contribution in [0.4, 0.5) is 0 Å². The largest absolute Gasteiger partial charge is 0.380 e. The second kappa shape index (κ2) is 3.30. The Hall–Kier alpha value is -0.980. The first kappa shape index (κ1) is 9.57. The fourth-order valence-corrected chi connectivity index (χ4v) is 3.02. The summed E-state index contributed by atoms with van der Waals surface area (Å²) in [5, 5.41) is 8.65. The van der Waals surface area contributed by atoms with Crippen LogP contribution in [0.15, 0.2) is 28.6 Å². The monoisotopic (exact) mass is 229 g/mol. The Bertz CT molecular complexity index is 526. The molecule has 0 fully saturated rings. The molecule has 0 amide bonds. The third-order valence-electron chi connectivity index (χ3n) is 1.71. The third kappa shape index (κ3) is 1.52. The lowest BCUT2D eigenvalue weighted by atomic mass is 10.3. The van der Waals surface area contributed by atoms with Crippen LogP contribution in [0.2, 0.25) is 0 Å². The van der Waals surface area contributed by atoms with E-state index in [-0.39, 0.29) is 4.34 Å². The third-order valence-corrected chi connectivity index (χ3v) is 4.52. The number of para-hydroxylation sites is 1. The first-order valence-electron chi connectivity index (χ1n) is 3.83. The lowest BCUT2D eigenvalue weighted by Gasteiger charge is -1.91. The van der Waals surface area contributed by atoms with Gasteiger partial charge in [-0.05, 0) is 12.1 Å². The predicted molar refractivity (Wildman–Crippen MR) is 53.9 cm³/mol. The Kier molecular flexibility index (Phi) is 2.26. The van der Waals surface area contributed by atoms with E-state index in [9.17, 15) is 8.42 Å². The van der Waals surface area contributed by atoms with Gasteiger partial charge in [0, 0.05) is 0 Å². The Balaban J connectivity index is 2.67. The molecule has 0 aliphatic rings. The fraction of sp³-hybridized carbons (Fsp3) is 0.125. The van der Waals surface area contributed by atoms with Gasteiger partial charge in [-0.15, -0.1) is 11.3 Å². The van der Waals surface area contributed by atoms with E-state index in [1.54, 1.807) is 18.2 Å². The summed E-state index contributed by atoms with van der Waals surface area (Å²) in [4.78, 5) is 3.93. The molecule has 1 aromatic carbocycles. The number of nitrogens with zero attached hydrogens (tertiary/aromatic N) is 1. The van der Waals surface area contributed by atoms with E-state index in [1.807, 2.05) is 6.07 Å². The normalized spacial score (nSPS) is 12.1. The second-order valence-corrected chi connectivity index (χ2v) is 5.85. The number of thiazole rings is 1. The molecular weight excluding hydrogens is 222 g/mol. The first-order valence-corrected chi connectivity index (χ1v) is 6.29. The topological polar surface area (TPSA) is 67.3 Å². The molecule has 2 rings (SSSR count). The number of aliphatic hydroxyl groups excluding tert-OH is 1. The summed E-state index contributed by atoms with van der Waals surface area (Å²) in [7, 11) is -3.60. The van der Waals surface area contributed by atoms with Crippen LogP contribution in [0.5, 0.6) is 0 Å². The Morgan fingerprint density at radius 2 is 2.07 bits per heavy atom. The van der Waals surface area contributed by atoms with Crippen molar-refractivity contribution in [3.8, 4) is 0 Å². The molecule has 2 aromatic rings. The summed E-state index contributed by atoms with van der Waals surface area (Å²) in [5.41, 5.74) is 0.643. The highest BCUT2D eigenvalue weighted by molar-refractivity contribution is 7.93. The van der Waals surface area contributed by atoms with Crippen molar-refractivity contribution in [3.63, 3.8) is 0 Å². The minimum Gasteiger partial charge on any atom is -0.380 e. The number of benzene rings is 1. The molecule has 0 aliphatic heterocycles. The van der Waals surface area contributed by atoms with Crippen molar-refractivity contribution in [2.24, 2.45) is 0 Å². The highest BCUT2D eigenvalue weighted by Crippen LogP contribution is 2.25. The summed E-state index contributed by atoms with van der Waals surface area (Å²) < 4.78 is 23.3. The van der Waals surface area contributed by atoms with Gasteiger partial charge in [0.1, 0.15) is 0 Å². The molecule has 0 bridgehead atoms. The number of aromatic nitrogens is 1. The summed E-state index contributed by atoms with van der Waals surface area (Å²) in [6.45, 7) is 0. The van der Waals surface area contributed by atoms with Gasteiger partial charge in [-0.1, -0.05) is 12.1 Å². The van der Waals surface area contributed by atoms with Crippen LogP contribution >= 0.6 is 11.3 Å². The summed E-state index contributed by atoms with van der Waals surface area (Å²) >= 11 is 1.07. The standard InChI is InChI=1S/C8H7NO3S2/c10-5-14(11,12)8-9-6-3-1-2-4-7(6)13-8/h1-4,10H,5H2. The van der Waals surface area contributed by atoms with E-state index in [0.717, 1.165) is 16.0 Å². The van der Waals surface area contributed by atoms with E-state index in [4.69, 9.17) is 5.11 Å². The fourth-order valence-electron chi connectivity index (χ4n) is 1.04. The van der Waals surface area contributed by atoms with Crippen LogP contribution in [0.3, 0.4) is 0 Å². The van der Waals surface area contributed by atoms with Gasteiger partial charge >= 0.3 is 0 Å². The minimum atomic E-state index is -3.60. The van der Waals surface area contributed by atoms with Crippen molar-refractivity contribution in [1.82, 2.24) is 4.98 Å². The maximum atomic E-state index is 11.3. The Labute approximate surface area is 84.8 Å². The maximum Gasteiger partial charge on any atom is 0.228 e. The SMILES string of the molecule is O=S(=O)(CO)c1nc2ccccc2s1. The average Bonchev–Trinajstić information content (AvgIpc) is 2.61. The van der Waals surface area contributed by atoms with Gasteiger partial charge < -0.3 is 5.11 Å². The first-order chi connectivity index (χ1) is 6.63. The van der Waals surface area contributed by atoms with Crippen LogP contribution in [0.1, 0.15) is 0 Å². The minimum absolute atomic E-state index is 0.0267. The molecule has 6 heteroatoms. The van der Waals surface area contributed by atoms with Crippen molar-refractivity contribution >= 4 is 31.4 Å². The van der Waals surface area contributed by atoms with Gasteiger partial charge in [0.15, 0.2) is 5.94 Å². The molecule has 0 saturated heterocycles. The van der Waals surface area contributed by atoms with Crippen LogP contribution < -0.4 is 0 Å². The molecule has 0 saturated carbocycles. The van der Waals surface area contributed by atoms with Crippen molar-refractivity contribution in [2.45, 2.75) is 4.34 Å². The van der Waals surface area contributed by atoms with Crippen LogP contribution in [-0.4, -0.2) is 24.4 Å². The van der Waals surface area contributed by atoms with Gasteiger partial charge in [0.2, 0.25) is 14.2 Å². The highest BCUT2D eigenvalue weighted by atomic mass is 32.2. The van der Waals surface area contributed by atoms with Gasteiger partial charge in [0.05, 0.1) is 10.2 Å². The summed E-state index contributed by atoms with van der Waals surface area (Å²) in [6.07, 6.45) is 0. The Morgan fingerprint density at radius 3 is 2.71 bits per heavy atom. The number of hydrogen-bond donors (Lipinski definition) is 1. The molecule has 0 spiro atoms. The van der Waals surface area contributed by atoms with E-state index < -0.39 is 15.8 Å². The van der Waals surface area contributed by atoms with E-state index >= 15 is 0 Å². The predicted octanol–water partition coefficient (Wildman–Crippen LogP) is 1.02. The van der Waals surface area contributed by atoms with E-state index in [2.05, 4.69) is 4.98 Å². The molecule has 0 radical (unpaired) electrons. The number of aliphatic hydroxyl groups is 1. The molecule has 1 aromatic heterocycles. The quantitative estimate of drug-likeness (QED) is 0.834. The van der Waals surface area contributed by atoms with E-state index in [1.165, 1.54) is 0 Å². The van der Waals surface area contributed by atoms with E-state index in [0.29, 0.717) is 5.52 Å². The zero-order chi connectivity index (χ0) is 10.2. The van der Waals surface area contributed by atoms with Gasteiger partial charge in [-0.25, -0.2) is 13.4 Å². The molecule has 1 heterocycles. The van der Waals surface area contributed by atoms with Gasteiger partial charge in [-0.3, -0.25) is 0 Å². The van der Waals surface area contributed by atoms with Crippen LogP contribution in [0, 0.1) is 0 Å². The second-order valence-electron chi connectivity index (χ2n) is 2.69. The van der Waals surface area contributed by atoms with Crippen molar-refractivity contribution in [3.05, 3.63) is 24.3 Å². The summed E-state index contributed by atoms with van der Waals surface area (Å²) in [6, 6.07) is 7.14. The molecule has 0 atom stereocenters. The molecule has 1 N–H and O–H groups in total. The lowest BCUT2D eigenvalue weighted by molar-refractivity contribution is 0.358. The molecular formula is C8H7NO3S2. The molecule has 74 valence electrons. The van der Waals surface area contributed by atoms with Gasteiger partial charge in [-0.2, -0.15) is 0 Å². The Morgan fingerprint density at radius 1 is 1.36 bits per heavy atom. The molecule has 0 aliphatic carbocycles. The van der Waals surface area contributed by atoms with Crippen molar-refractivity contribution in [2.75, 3.05) is 5.94 Å². The summed E-state index contributed by atoms with van der Waals surface area (Å²) in [5.74, 6) is -0.896. The number of fused-ring (bicyclic) bond motifs is 1. The zero-order valence-electron chi connectivity index (χ0n) is 7.04. The van der Waals surface area contributed by atoms with Crippen LogP contribution in [0.25, 0.3) is 10.2 Å². The molecule has 14 heavy (non-hydrogen) atoms. The molecule has 4 nitrogen and oxygen atoms in total. The highest BCUT2D eigenvalue weighted by Gasteiger charge is 2.17. The van der Waals surface area contributed by atoms with Gasteiger partial charge in [0.25, 0.3) is 0 Å². The lowest BCUT2D eigenvalue weighted by Crippen LogP contribution is -2.04. The van der Waals surface area contributed by atoms with Crippen molar-refractivity contribution < 1.29 is 13.5 Å². The zero-order valence-corrected chi connectivity index (χ0v) is 8.68. The number of hydrogen-bond acceptors (Lipinski definition) is 5.